The highest BCUT2D eigenvalue weighted by Gasteiger charge is 2.11. The number of hydrogen-bond donors (Lipinski definition) is 1. The molecular weight excluding hydrogens is 214 g/mol. The second-order valence-electron chi connectivity index (χ2n) is 2.94. The number of primary amides is 1. The van der Waals surface area contributed by atoms with Crippen molar-refractivity contribution in [2.24, 2.45) is 5.73 Å². The van der Waals surface area contributed by atoms with Crippen LogP contribution in [0.5, 0.6) is 0 Å². The predicted molar refractivity (Wildman–Crippen MR) is 57.1 cm³/mol. The topological polar surface area (TPSA) is 60.9 Å². The van der Waals surface area contributed by atoms with E-state index in [0.29, 0.717) is 16.5 Å². The zero-order chi connectivity index (χ0) is 10.8. The number of carbonyl (C=O) groups is 1. The minimum absolute atomic E-state index is 0.357. The molecule has 5 heteroatoms. The monoisotopic (exact) mass is 221 g/mol. The molecule has 0 aromatic carbocycles. The summed E-state index contributed by atoms with van der Waals surface area (Å²) in [5, 5.41) is 0.469. The maximum absolute atomic E-state index is 11.1. The molecule has 0 atom stereocenters. The minimum atomic E-state index is -0.512. The van der Waals surface area contributed by atoms with Crippen LogP contribution in [0.3, 0.4) is 0 Å². The molecule has 0 radical (unpaired) electrons. The second kappa shape index (κ2) is 3.74. The third-order valence-electron chi connectivity index (χ3n) is 1.97. The molecule has 1 amide bonds. The lowest BCUT2D eigenvalue weighted by Gasteiger charge is -2.06. The van der Waals surface area contributed by atoms with Gasteiger partial charge in [-0.2, -0.15) is 0 Å². The molecule has 0 fully saturated rings. The maximum atomic E-state index is 11.1. The lowest BCUT2D eigenvalue weighted by atomic mass is 10.4. The van der Waals surface area contributed by atoms with Crippen LogP contribution in [0.2, 0.25) is 5.02 Å². The Hall–Kier alpha value is -1.81. The number of nitrogens with two attached hydrogens (primary N) is 1. The van der Waals surface area contributed by atoms with Gasteiger partial charge in [0.1, 0.15) is 5.69 Å². The smallest absolute Gasteiger partial charge is 0.265 e. The number of hydrogen-bond acceptors (Lipinski definition) is 2. The maximum Gasteiger partial charge on any atom is 0.265 e. The van der Waals surface area contributed by atoms with Gasteiger partial charge >= 0.3 is 0 Å². The number of nitrogens with zero attached hydrogens (tertiary/aromatic N) is 2. The van der Waals surface area contributed by atoms with Crippen LogP contribution in [0, 0.1) is 0 Å². The second-order valence-corrected chi connectivity index (χ2v) is 3.34. The van der Waals surface area contributed by atoms with Crippen molar-refractivity contribution in [1.82, 2.24) is 9.55 Å². The minimum Gasteiger partial charge on any atom is -0.364 e. The zero-order valence-corrected chi connectivity index (χ0v) is 8.48. The van der Waals surface area contributed by atoms with E-state index in [-0.39, 0.29) is 0 Å². The Morgan fingerprint density at radius 1 is 1.40 bits per heavy atom. The molecule has 0 saturated carbocycles. The van der Waals surface area contributed by atoms with E-state index in [1.165, 1.54) is 0 Å². The van der Waals surface area contributed by atoms with E-state index in [0.717, 1.165) is 0 Å². The molecule has 2 aromatic heterocycles. The first-order valence-corrected chi connectivity index (χ1v) is 4.66. The van der Waals surface area contributed by atoms with E-state index >= 15 is 0 Å². The normalized spacial score (nSPS) is 10.2. The van der Waals surface area contributed by atoms with Crippen molar-refractivity contribution in [2.45, 2.75) is 0 Å². The van der Waals surface area contributed by atoms with Crippen molar-refractivity contribution < 1.29 is 4.79 Å². The van der Waals surface area contributed by atoms with Crippen molar-refractivity contribution in [1.29, 1.82) is 0 Å². The summed E-state index contributed by atoms with van der Waals surface area (Å²) in [4.78, 5) is 15.2. The van der Waals surface area contributed by atoms with Gasteiger partial charge in [-0.05, 0) is 24.3 Å². The number of aromatic nitrogens is 2. The van der Waals surface area contributed by atoms with Crippen molar-refractivity contribution in [3.8, 4) is 5.82 Å². The Labute approximate surface area is 91.3 Å². The Bertz CT molecular complexity index is 507. The molecule has 4 nitrogen and oxygen atoms in total. The van der Waals surface area contributed by atoms with Gasteiger partial charge in [0.2, 0.25) is 0 Å². The zero-order valence-electron chi connectivity index (χ0n) is 7.72. The highest BCUT2D eigenvalue weighted by Crippen LogP contribution is 2.18. The Kier molecular flexibility index (Phi) is 2.43. The van der Waals surface area contributed by atoms with Crippen LogP contribution < -0.4 is 5.73 Å². The molecular formula is C10H8ClN3O. The van der Waals surface area contributed by atoms with Crippen LogP contribution in [0.1, 0.15) is 10.5 Å². The molecule has 0 aliphatic heterocycles. The lowest BCUT2D eigenvalue weighted by Crippen LogP contribution is -2.16. The molecule has 0 aliphatic carbocycles. The molecule has 0 bridgehead atoms. The molecule has 2 N–H and O–H groups in total. The fraction of sp³-hybridized carbons (Fsp3) is 0. The van der Waals surface area contributed by atoms with Crippen molar-refractivity contribution >= 4 is 17.5 Å². The van der Waals surface area contributed by atoms with Gasteiger partial charge in [-0.15, -0.1) is 0 Å². The van der Waals surface area contributed by atoms with E-state index in [1.807, 2.05) is 0 Å². The molecule has 76 valence electrons. The highest BCUT2D eigenvalue weighted by atomic mass is 35.5. The standard InChI is InChI=1S/C10H8ClN3O/c11-7-3-1-5-13-10(7)14-6-2-4-8(14)9(12)15/h1-6H,(H2,12,15). The first-order valence-electron chi connectivity index (χ1n) is 4.28. The van der Waals surface area contributed by atoms with Crippen LogP contribution in [-0.4, -0.2) is 15.5 Å². The number of pyridine rings is 1. The molecule has 0 aliphatic rings. The van der Waals surface area contributed by atoms with Crippen LogP contribution >= 0.6 is 11.6 Å². The SMILES string of the molecule is NC(=O)c1cccn1-c1ncccc1Cl. The Balaban J connectivity index is 2.59. The first kappa shape index (κ1) is 9.73. The third kappa shape index (κ3) is 1.71. The summed E-state index contributed by atoms with van der Waals surface area (Å²) < 4.78 is 1.56. The average Bonchev–Trinajstić information content (AvgIpc) is 2.67. The highest BCUT2D eigenvalue weighted by molar-refractivity contribution is 6.32. The van der Waals surface area contributed by atoms with E-state index in [2.05, 4.69) is 4.98 Å². The predicted octanol–water partition coefficient (Wildman–Crippen LogP) is 1.62. The van der Waals surface area contributed by atoms with E-state index in [1.54, 1.807) is 41.2 Å². The summed E-state index contributed by atoms with van der Waals surface area (Å²) in [6.45, 7) is 0. The van der Waals surface area contributed by atoms with Crippen molar-refractivity contribution in [2.75, 3.05) is 0 Å². The van der Waals surface area contributed by atoms with Gasteiger partial charge in [0.05, 0.1) is 5.02 Å². The number of rotatable bonds is 2. The van der Waals surface area contributed by atoms with Gasteiger partial charge in [0.15, 0.2) is 5.82 Å². The average molecular weight is 222 g/mol. The molecule has 15 heavy (non-hydrogen) atoms. The summed E-state index contributed by atoms with van der Waals surface area (Å²) in [6.07, 6.45) is 3.29. The van der Waals surface area contributed by atoms with Gasteiger partial charge in [-0.25, -0.2) is 4.98 Å². The van der Waals surface area contributed by atoms with Gasteiger partial charge in [-0.3, -0.25) is 9.36 Å². The number of amides is 1. The summed E-state index contributed by atoms with van der Waals surface area (Å²) in [6, 6.07) is 6.76. The molecule has 0 saturated heterocycles. The molecule has 2 aromatic rings. The van der Waals surface area contributed by atoms with E-state index in [4.69, 9.17) is 17.3 Å². The molecule has 2 heterocycles. The Morgan fingerprint density at radius 3 is 2.87 bits per heavy atom. The van der Waals surface area contributed by atoms with Crippen LogP contribution in [0.25, 0.3) is 5.82 Å². The van der Waals surface area contributed by atoms with Crippen LogP contribution in [0.15, 0.2) is 36.7 Å². The van der Waals surface area contributed by atoms with Crippen LogP contribution in [-0.2, 0) is 0 Å². The summed E-state index contributed by atoms with van der Waals surface area (Å²) >= 11 is 5.96. The fourth-order valence-corrected chi connectivity index (χ4v) is 1.53. The van der Waals surface area contributed by atoms with E-state index < -0.39 is 5.91 Å². The lowest BCUT2D eigenvalue weighted by molar-refractivity contribution is 0.0994. The first-order chi connectivity index (χ1) is 7.20. The summed E-state index contributed by atoms with van der Waals surface area (Å²) in [5.41, 5.74) is 5.57. The van der Waals surface area contributed by atoms with Crippen LogP contribution in [0.4, 0.5) is 0 Å². The largest absolute Gasteiger partial charge is 0.364 e. The van der Waals surface area contributed by atoms with Gasteiger partial charge < -0.3 is 5.73 Å². The third-order valence-corrected chi connectivity index (χ3v) is 2.26. The summed E-state index contributed by atoms with van der Waals surface area (Å²) in [7, 11) is 0. The van der Waals surface area contributed by atoms with Gasteiger partial charge in [0, 0.05) is 12.4 Å². The fourth-order valence-electron chi connectivity index (χ4n) is 1.32. The summed E-state index contributed by atoms with van der Waals surface area (Å²) in [5.74, 6) is -0.0142. The molecule has 0 spiro atoms. The number of carbonyl (C=O) groups excluding carboxylic acids is 1. The van der Waals surface area contributed by atoms with Gasteiger partial charge in [0.25, 0.3) is 5.91 Å². The Morgan fingerprint density at radius 2 is 2.20 bits per heavy atom. The molecule has 0 unspecified atom stereocenters. The van der Waals surface area contributed by atoms with Crippen molar-refractivity contribution in [3.63, 3.8) is 0 Å². The van der Waals surface area contributed by atoms with Gasteiger partial charge in [-0.1, -0.05) is 11.6 Å². The number of halogens is 1. The van der Waals surface area contributed by atoms with E-state index in [9.17, 15) is 4.79 Å². The van der Waals surface area contributed by atoms with Crippen molar-refractivity contribution in [3.05, 3.63) is 47.4 Å². The molecule has 2 rings (SSSR count). The quantitative estimate of drug-likeness (QED) is 0.838.